The third-order valence-corrected chi connectivity index (χ3v) is 4.25. The van der Waals surface area contributed by atoms with Gasteiger partial charge in [0.2, 0.25) is 0 Å². The molecule has 0 atom stereocenters. The fourth-order valence-corrected chi connectivity index (χ4v) is 2.97. The maximum atomic E-state index is 5.54. The van der Waals surface area contributed by atoms with Crippen molar-refractivity contribution in [2.24, 2.45) is 10.7 Å². The Balaban J connectivity index is 0.000000136. The van der Waals surface area contributed by atoms with Gasteiger partial charge in [0.1, 0.15) is 5.75 Å². The molecule has 4 nitrogen and oxygen atoms in total. The average Bonchev–Trinajstić information content (AvgIpc) is 3.02. The molecular weight excluding hydrogens is 286 g/mol. The number of hydrogen-bond acceptors (Lipinski definition) is 4. The Labute approximate surface area is 137 Å². The van der Waals surface area contributed by atoms with E-state index >= 15 is 0 Å². The van der Waals surface area contributed by atoms with Gasteiger partial charge in [0, 0.05) is 5.69 Å². The van der Waals surface area contributed by atoms with E-state index in [0.717, 1.165) is 11.4 Å². The van der Waals surface area contributed by atoms with Crippen molar-refractivity contribution in [1.82, 2.24) is 0 Å². The van der Waals surface area contributed by atoms with Gasteiger partial charge >= 0.3 is 0 Å². The highest BCUT2D eigenvalue weighted by molar-refractivity contribution is 5.94. The van der Waals surface area contributed by atoms with Gasteiger partial charge < -0.3 is 15.8 Å². The molecule has 0 amide bonds. The summed E-state index contributed by atoms with van der Waals surface area (Å²) in [6, 6.07) is 12.6. The second-order valence-electron chi connectivity index (χ2n) is 5.98. The van der Waals surface area contributed by atoms with Gasteiger partial charge in [0.25, 0.3) is 0 Å². The molecule has 1 aliphatic heterocycles. The normalized spacial score (nSPS) is 14.6. The van der Waals surface area contributed by atoms with E-state index in [9.17, 15) is 0 Å². The van der Waals surface area contributed by atoms with Crippen LogP contribution >= 0.6 is 0 Å². The van der Waals surface area contributed by atoms with Crippen LogP contribution in [-0.2, 0) is 19.4 Å². The van der Waals surface area contributed by atoms with Crippen LogP contribution < -0.4 is 15.8 Å². The summed E-state index contributed by atoms with van der Waals surface area (Å²) in [5.41, 5.74) is 12.0. The summed E-state index contributed by atoms with van der Waals surface area (Å²) in [5.74, 6) is 1.50. The van der Waals surface area contributed by atoms with Crippen LogP contribution in [-0.4, -0.2) is 13.1 Å². The summed E-state index contributed by atoms with van der Waals surface area (Å²) in [7, 11) is 1.72. The molecule has 120 valence electrons. The first-order chi connectivity index (χ1) is 11.2. The summed E-state index contributed by atoms with van der Waals surface area (Å²) in [6.45, 7) is 2.75. The third-order valence-electron chi connectivity index (χ3n) is 4.25. The number of rotatable bonds is 1. The monoisotopic (exact) mass is 309 g/mol. The average molecular weight is 309 g/mol. The number of ether oxygens (including phenoxy) is 1. The molecule has 4 heteroatoms. The number of nitrogens with one attached hydrogen (secondary N) is 1. The van der Waals surface area contributed by atoms with Gasteiger partial charge in [-0.3, -0.25) is 0 Å². The molecule has 3 N–H and O–H groups in total. The molecule has 0 fully saturated rings. The van der Waals surface area contributed by atoms with Crippen molar-refractivity contribution in [2.75, 3.05) is 12.4 Å². The van der Waals surface area contributed by atoms with E-state index in [1.54, 1.807) is 7.11 Å². The lowest BCUT2D eigenvalue weighted by molar-refractivity contribution is 0.414. The highest BCUT2D eigenvalue weighted by Crippen LogP contribution is 2.25. The van der Waals surface area contributed by atoms with Gasteiger partial charge in [-0.1, -0.05) is 18.2 Å². The Morgan fingerprint density at radius 1 is 1.04 bits per heavy atom. The van der Waals surface area contributed by atoms with Gasteiger partial charge in [-0.2, -0.15) is 0 Å². The number of benzene rings is 2. The van der Waals surface area contributed by atoms with Gasteiger partial charge in [-0.15, -0.1) is 0 Å². The van der Waals surface area contributed by atoms with Crippen LogP contribution in [0.3, 0.4) is 0 Å². The fraction of sp³-hybridized carbons (Fsp3) is 0.316. The molecular formula is C19H23N3O. The first-order valence-electron chi connectivity index (χ1n) is 7.98. The molecule has 0 saturated heterocycles. The van der Waals surface area contributed by atoms with E-state index in [1.807, 2.05) is 6.07 Å². The Bertz CT molecular complexity index is 737. The predicted molar refractivity (Wildman–Crippen MR) is 95.1 cm³/mol. The Hall–Kier alpha value is -2.49. The first-order valence-corrected chi connectivity index (χ1v) is 7.98. The molecule has 2 aliphatic rings. The minimum Gasteiger partial charge on any atom is -0.497 e. The zero-order valence-electron chi connectivity index (χ0n) is 13.7. The summed E-state index contributed by atoms with van der Waals surface area (Å²) < 4.78 is 5.14. The van der Waals surface area contributed by atoms with E-state index < -0.39 is 0 Å². The molecule has 0 bridgehead atoms. The molecule has 0 aromatic heterocycles. The lowest BCUT2D eigenvalue weighted by Crippen LogP contribution is -2.26. The topological polar surface area (TPSA) is 59.6 Å². The highest BCUT2D eigenvalue weighted by Gasteiger charge is 2.10. The zero-order valence-corrected chi connectivity index (χ0v) is 13.7. The van der Waals surface area contributed by atoms with Gasteiger partial charge in [-0.25, -0.2) is 4.99 Å². The van der Waals surface area contributed by atoms with Gasteiger partial charge in [-0.05, 0) is 66.6 Å². The number of aryl methyl sites for hydroxylation is 3. The van der Waals surface area contributed by atoms with Crippen LogP contribution in [0.1, 0.15) is 28.7 Å². The molecule has 0 saturated carbocycles. The second-order valence-corrected chi connectivity index (χ2v) is 5.98. The summed E-state index contributed by atoms with van der Waals surface area (Å²) in [5, 5.41) is 3.03. The Morgan fingerprint density at radius 3 is 2.65 bits per heavy atom. The summed E-state index contributed by atoms with van der Waals surface area (Å²) in [4.78, 5) is 4.08. The molecule has 4 rings (SSSR count). The number of hydrogen-bond donors (Lipinski definition) is 2. The lowest BCUT2D eigenvalue weighted by Gasteiger charge is -2.15. The van der Waals surface area contributed by atoms with Crippen LogP contribution in [0.4, 0.5) is 5.69 Å². The standard InChI is InChI=1S/C10H12O.C9H11N3/c1-11-10-6-5-8-3-2-4-9(8)7-10;1-6-2-3-7-5-11-9(10)12-8(7)4-6/h5-7H,2-4H2,1H3;2-4H,5H2,1H3,(H3,10,11,12). The number of fused-ring (bicyclic) bond motifs is 2. The maximum absolute atomic E-state index is 5.54. The molecule has 0 spiro atoms. The summed E-state index contributed by atoms with van der Waals surface area (Å²) in [6.07, 6.45) is 3.79. The number of nitrogens with zero attached hydrogens (tertiary/aromatic N) is 1. The van der Waals surface area contributed by atoms with E-state index in [4.69, 9.17) is 10.5 Å². The van der Waals surface area contributed by atoms with Gasteiger partial charge in [0.05, 0.1) is 13.7 Å². The van der Waals surface area contributed by atoms with E-state index in [2.05, 4.69) is 47.6 Å². The van der Waals surface area contributed by atoms with Crippen molar-refractivity contribution in [3.05, 3.63) is 58.7 Å². The van der Waals surface area contributed by atoms with Crippen molar-refractivity contribution in [1.29, 1.82) is 0 Å². The smallest absolute Gasteiger partial charge is 0.193 e. The minimum absolute atomic E-state index is 0.508. The van der Waals surface area contributed by atoms with Crippen LogP contribution in [0.25, 0.3) is 0 Å². The Kier molecular flexibility index (Phi) is 4.51. The fourth-order valence-electron chi connectivity index (χ4n) is 2.97. The minimum atomic E-state index is 0.508. The molecule has 1 aliphatic carbocycles. The number of anilines is 1. The van der Waals surface area contributed by atoms with Crippen molar-refractivity contribution < 1.29 is 4.74 Å². The maximum Gasteiger partial charge on any atom is 0.193 e. The number of nitrogens with two attached hydrogens (primary N) is 1. The van der Waals surface area contributed by atoms with Crippen LogP contribution in [0.5, 0.6) is 5.75 Å². The molecule has 2 aromatic rings. The molecule has 2 aromatic carbocycles. The lowest BCUT2D eigenvalue weighted by atomic mass is 10.1. The number of guanidine groups is 1. The van der Waals surface area contributed by atoms with Gasteiger partial charge in [0.15, 0.2) is 5.96 Å². The number of aliphatic imine (C=N–C) groups is 1. The van der Waals surface area contributed by atoms with Crippen molar-refractivity contribution in [3.63, 3.8) is 0 Å². The molecule has 0 radical (unpaired) electrons. The molecule has 0 unspecified atom stereocenters. The van der Waals surface area contributed by atoms with Crippen molar-refractivity contribution in [2.45, 2.75) is 32.7 Å². The predicted octanol–water partition coefficient (Wildman–Crippen LogP) is 3.42. The summed E-state index contributed by atoms with van der Waals surface area (Å²) >= 11 is 0. The first kappa shape index (κ1) is 15.4. The van der Waals surface area contributed by atoms with Crippen LogP contribution in [0.2, 0.25) is 0 Å². The third kappa shape index (κ3) is 3.65. The van der Waals surface area contributed by atoms with E-state index in [1.165, 1.54) is 41.5 Å². The SMILES string of the molecule is COc1ccc2c(c1)CCC2.Cc1ccc2c(c1)NC(N)=NC2. The second kappa shape index (κ2) is 6.73. The van der Waals surface area contributed by atoms with Crippen molar-refractivity contribution in [3.8, 4) is 5.75 Å². The van der Waals surface area contributed by atoms with E-state index in [0.29, 0.717) is 12.5 Å². The van der Waals surface area contributed by atoms with Crippen LogP contribution in [0.15, 0.2) is 41.4 Å². The highest BCUT2D eigenvalue weighted by atomic mass is 16.5. The van der Waals surface area contributed by atoms with Crippen molar-refractivity contribution >= 4 is 11.6 Å². The largest absolute Gasteiger partial charge is 0.497 e. The molecule has 1 heterocycles. The quantitative estimate of drug-likeness (QED) is 0.848. The van der Waals surface area contributed by atoms with E-state index in [-0.39, 0.29) is 0 Å². The van der Waals surface area contributed by atoms with Crippen LogP contribution in [0, 0.1) is 6.92 Å². The number of methoxy groups -OCH3 is 1. The molecule has 23 heavy (non-hydrogen) atoms. The zero-order chi connectivity index (χ0) is 16.2. The Morgan fingerprint density at radius 2 is 1.83 bits per heavy atom.